The zero-order valence-corrected chi connectivity index (χ0v) is 10.4. The summed E-state index contributed by atoms with van der Waals surface area (Å²) in [5.41, 5.74) is 3.22. The fraction of sp³-hybridized carbons (Fsp3) is 0.250. The van der Waals surface area contributed by atoms with Crippen LogP contribution in [-0.4, -0.2) is 16.9 Å². The Bertz CT molecular complexity index is 462. The molecule has 0 aliphatic rings. The molecule has 0 amide bonds. The average molecular weight is 239 g/mol. The molecule has 2 rings (SSSR count). The van der Waals surface area contributed by atoms with Crippen molar-refractivity contribution in [3.63, 3.8) is 0 Å². The predicted molar refractivity (Wildman–Crippen MR) is 66.8 cm³/mol. The lowest BCUT2D eigenvalue weighted by Crippen LogP contribution is -1.98. The van der Waals surface area contributed by atoms with Gasteiger partial charge in [0.25, 0.3) is 0 Å². The molecule has 0 spiro atoms. The number of ether oxygens (including phenoxy) is 1. The molecule has 16 heavy (non-hydrogen) atoms. The van der Waals surface area contributed by atoms with Gasteiger partial charge < -0.3 is 4.74 Å². The quantitative estimate of drug-likeness (QED) is 0.805. The summed E-state index contributed by atoms with van der Waals surface area (Å²) in [6.45, 7) is 4.04. The van der Waals surface area contributed by atoms with Crippen molar-refractivity contribution in [1.82, 2.24) is 9.78 Å². The van der Waals surface area contributed by atoms with Crippen LogP contribution in [0.3, 0.4) is 0 Å². The Hall–Kier alpha value is -1.48. The van der Waals surface area contributed by atoms with Crippen molar-refractivity contribution in [2.45, 2.75) is 13.8 Å². The summed E-state index contributed by atoms with van der Waals surface area (Å²) in [6, 6.07) is 9.93. The highest BCUT2D eigenvalue weighted by Gasteiger charge is 2.02. The lowest BCUT2D eigenvalue weighted by atomic mass is 10.3. The van der Waals surface area contributed by atoms with E-state index in [0.29, 0.717) is 0 Å². The van der Waals surface area contributed by atoms with Gasteiger partial charge in [0.1, 0.15) is 5.75 Å². The van der Waals surface area contributed by atoms with E-state index in [1.54, 1.807) is 7.11 Å². The molecule has 3 nitrogen and oxygen atoms in total. The first kappa shape index (κ1) is 12.6. The number of aryl methyl sites for hydroxylation is 2. The van der Waals surface area contributed by atoms with E-state index in [-0.39, 0.29) is 12.4 Å². The second-order valence-corrected chi connectivity index (χ2v) is 3.54. The standard InChI is InChI=1S/C12H14N2O.ClH/c1-9-8-10(2)14(13-9)11-4-6-12(15-3)7-5-11;/h4-8H,1-3H3;1H. The van der Waals surface area contributed by atoms with Crippen molar-refractivity contribution in [1.29, 1.82) is 0 Å². The Morgan fingerprint density at radius 2 is 1.75 bits per heavy atom. The maximum absolute atomic E-state index is 5.11. The summed E-state index contributed by atoms with van der Waals surface area (Å²) < 4.78 is 7.04. The molecule has 4 heteroatoms. The van der Waals surface area contributed by atoms with Crippen molar-refractivity contribution in [3.8, 4) is 11.4 Å². The molecular weight excluding hydrogens is 224 g/mol. The maximum atomic E-state index is 5.11. The highest BCUT2D eigenvalue weighted by atomic mass is 35.5. The SMILES string of the molecule is COc1ccc(-n2nc(C)cc2C)cc1.Cl. The van der Waals surface area contributed by atoms with Crippen LogP contribution in [0.4, 0.5) is 0 Å². The van der Waals surface area contributed by atoms with Gasteiger partial charge in [0.15, 0.2) is 0 Å². The first-order chi connectivity index (χ1) is 7.20. The van der Waals surface area contributed by atoms with Gasteiger partial charge in [0.05, 0.1) is 18.5 Å². The third kappa shape index (κ3) is 2.36. The summed E-state index contributed by atoms with van der Waals surface area (Å²) in [7, 11) is 1.66. The van der Waals surface area contributed by atoms with Gasteiger partial charge in [0, 0.05) is 5.69 Å². The van der Waals surface area contributed by atoms with Gasteiger partial charge in [0.2, 0.25) is 0 Å². The minimum atomic E-state index is 0. The van der Waals surface area contributed by atoms with Gasteiger partial charge >= 0.3 is 0 Å². The topological polar surface area (TPSA) is 27.1 Å². The van der Waals surface area contributed by atoms with Crippen LogP contribution < -0.4 is 4.74 Å². The summed E-state index contributed by atoms with van der Waals surface area (Å²) in [5.74, 6) is 0.861. The Morgan fingerprint density at radius 1 is 1.12 bits per heavy atom. The van der Waals surface area contributed by atoms with Crippen LogP contribution in [-0.2, 0) is 0 Å². The minimum Gasteiger partial charge on any atom is -0.497 e. The van der Waals surface area contributed by atoms with Crippen LogP contribution in [0.15, 0.2) is 30.3 Å². The molecule has 0 saturated carbocycles. The highest BCUT2D eigenvalue weighted by molar-refractivity contribution is 5.85. The Morgan fingerprint density at radius 3 is 2.19 bits per heavy atom. The third-order valence-electron chi connectivity index (χ3n) is 2.33. The van der Waals surface area contributed by atoms with Gasteiger partial charge in [-0.1, -0.05) is 0 Å². The number of nitrogens with zero attached hydrogens (tertiary/aromatic N) is 2. The van der Waals surface area contributed by atoms with E-state index in [1.807, 2.05) is 42.8 Å². The number of halogens is 1. The molecule has 0 aliphatic carbocycles. The lowest BCUT2D eigenvalue weighted by molar-refractivity contribution is 0.414. The molecule has 86 valence electrons. The number of aromatic nitrogens is 2. The van der Waals surface area contributed by atoms with Crippen LogP contribution in [0.25, 0.3) is 5.69 Å². The number of benzene rings is 1. The molecule has 2 aromatic rings. The molecule has 0 N–H and O–H groups in total. The summed E-state index contributed by atoms with van der Waals surface area (Å²) in [6.07, 6.45) is 0. The van der Waals surface area contributed by atoms with Crippen molar-refractivity contribution in [2.75, 3.05) is 7.11 Å². The molecule has 0 atom stereocenters. The lowest BCUT2D eigenvalue weighted by Gasteiger charge is -2.05. The first-order valence-electron chi connectivity index (χ1n) is 4.88. The van der Waals surface area contributed by atoms with E-state index >= 15 is 0 Å². The minimum absolute atomic E-state index is 0. The van der Waals surface area contributed by atoms with Gasteiger partial charge in [-0.2, -0.15) is 5.10 Å². The van der Waals surface area contributed by atoms with Crippen molar-refractivity contribution in [2.24, 2.45) is 0 Å². The molecule has 0 radical (unpaired) electrons. The summed E-state index contributed by atoms with van der Waals surface area (Å²) >= 11 is 0. The van der Waals surface area contributed by atoms with Gasteiger partial charge in [-0.15, -0.1) is 12.4 Å². The number of rotatable bonds is 2. The van der Waals surface area contributed by atoms with Gasteiger partial charge in [-0.25, -0.2) is 4.68 Å². The van der Waals surface area contributed by atoms with Crippen LogP contribution in [0.2, 0.25) is 0 Å². The summed E-state index contributed by atoms with van der Waals surface area (Å²) in [4.78, 5) is 0. The van der Waals surface area contributed by atoms with E-state index in [1.165, 1.54) is 0 Å². The zero-order valence-electron chi connectivity index (χ0n) is 9.60. The number of hydrogen-bond donors (Lipinski definition) is 0. The van der Waals surface area contributed by atoms with Crippen LogP contribution in [0, 0.1) is 13.8 Å². The zero-order chi connectivity index (χ0) is 10.8. The molecule has 1 aromatic heterocycles. The smallest absolute Gasteiger partial charge is 0.119 e. The summed E-state index contributed by atoms with van der Waals surface area (Å²) in [5, 5.41) is 4.41. The molecule has 1 aromatic carbocycles. The van der Waals surface area contributed by atoms with Crippen molar-refractivity contribution < 1.29 is 4.74 Å². The Balaban J connectivity index is 0.00000128. The number of hydrogen-bond acceptors (Lipinski definition) is 2. The molecule has 1 heterocycles. The molecule has 0 bridgehead atoms. The van der Waals surface area contributed by atoms with E-state index in [9.17, 15) is 0 Å². The molecule has 0 unspecified atom stereocenters. The second kappa shape index (κ2) is 5.03. The van der Waals surface area contributed by atoms with Gasteiger partial charge in [-0.3, -0.25) is 0 Å². The number of methoxy groups -OCH3 is 1. The second-order valence-electron chi connectivity index (χ2n) is 3.54. The first-order valence-corrected chi connectivity index (χ1v) is 4.88. The van der Waals surface area contributed by atoms with E-state index < -0.39 is 0 Å². The third-order valence-corrected chi connectivity index (χ3v) is 2.33. The van der Waals surface area contributed by atoms with Crippen molar-refractivity contribution >= 4 is 12.4 Å². The Labute approximate surface area is 101 Å². The fourth-order valence-electron chi connectivity index (χ4n) is 1.61. The molecule has 0 aliphatic heterocycles. The van der Waals surface area contributed by atoms with Crippen LogP contribution in [0.1, 0.15) is 11.4 Å². The predicted octanol–water partition coefficient (Wildman–Crippen LogP) is 2.92. The van der Waals surface area contributed by atoms with Gasteiger partial charge in [-0.05, 0) is 44.2 Å². The monoisotopic (exact) mass is 238 g/mol. The molecule has 0 fully saturated rings. The fourth-order valence-corrected chi connectivity index (χ4v) is 1.61. The Kier molecular flexibility index (Phi) is 3.96. The van der Waals surface area contributed by atoms with Crippen LogP contribution >= 0.6 is 12.4 Å². The van der Waals surface area contributed by atoms with E-state index in [0.717, 1.165) is 22.8 Å². The maximum Gasteiger partial charge on any atom is 0.119 e. The molecule has 0 saturated heterocycles. The largest absolute Gasteiger partial charge is 0.497 e. The van der Waals surface area contributed by atoms with E-state index in [2.05, 4.69) is 11.2 Å². The van der Waals surface area contributed by atoms with Crippen LogP contribution in [0.5, 0.6) is 5.75 Å². The highest BCUT2D eigenvalue weighted by Crippen LogP contribution is 2.16. The van der Waals surface area contributed by atoms with Crippen molar-refractivity contribution in [3.05, 3.63) is 41.7 Å². The molecular formula is C12H15ClN2O. The average Bonchev–Trinajstić information content (AvgIpc) is 2.58. The van der Waals surface area contributed by atoms with E-state index in [4.69, 9.17) is 4.74 Å². The normalized spacial score (nSPS) is 9.69.